The number of benzene rings is 2. The first kappa shape index (κ1) is 47.2. The molecule has 0 aliphatic heterocycles. The van der Waals surface area contributed by atoms with E-state index in [0.29, 0.717) is 35.5 Å². The van der Waals surface area contributed by atoms with Crippen molar-refractivity contribution in [2.45, 2.75) is 150 Å². The molecule has 10 heteroatoms. The van der Waals surface area contributed by atoms with Crippen LogP contribution in [0.25, 0.3) is 0 Å². The van der Waals surface area contributed by atoms with Crippen molar-refractivity contribution in [3.05, 3.63) is 71.8 Å². The molecule has 0 bridgehead atoms. The third-order valence-corrected chi connectivity index (χ3v) is 18.4. The molecule has 0 heterocycles. The molecule has 336 valence electrons. The molecule has 0 spiro atoms. The summed E-state index contributed by atoms with van der Waals surface area (Å²) in [6.07, 6.45) is 15.5. The van der Waals surface area contributed by atoms with Crippen molar-refractivity contribution >= 4 is 31.1 Å². The van der Waals surface area contributed by atoms with E-state index in [0.717, 1.165) is 41.2 Å². The Morgan fingerprint density at radius 3 is 2.08 bits per heavy atom. The molecule has 2 aromatic carbocycles. The van der Waals surface area contributed by atoms with E-state index >= 15 is 0 Å². The Hall–Kier alpha value is -3.29. The van der Waals surface area contributed by atoms with Crippen LogP contribution in [0.5, 0.6) is 0 Å². The Morgan fingerprint density at radius 1 is 0.705 bits per heavy atom. The van der Waals surface area contributed by atoms with Gasteiger partial charge in [0.25, 0.3) is 0 Å². The highest BCUT2D eigenvalue weighted by atomic mass is 31.2. The van der Waals surface area contributed by atoms with Crippen LogP contribution in [0.4, 0.5) is 0 Å². The lowest BCUT2D eigenvalue weighted by Crippen LogP contribution is -2.53. The predicted octanol–water partition coefficient (Wildman–Crippen LogP) is 11.9. The lowest BCUT2D eigenvalue weighted by atomic mass is 9.44. The molecule has 4 aliphatic carbocycles. The Morgan fingerprint density at radius 2 is 1.38 bits per heavy atom. The molecule has 4 saturated carbocycles. The molecule has 0 aromatic heterocycles. The summed E-state index contributed by atoms with van der Waals surface area (Å²) < 4.78 is 36.9. The fraction of sp³-hybridized carbons (Fsp3) is 0.686. The molecule has 10 atom stereocenters. The van der Waals surface area contributed by atoms with Gasteiger partial charge in [-0.15, -0.1) is 0 Å². The molecule has 4 aliphatic rings. The number of carbonyl (C=O) groups is 4. The zero-order chi connectivity index (χ0) is 43.5. The second-order valence-corrected chi connectivity index (χ2v) is 22.3. The minimum absolute atomic E-state index is 0.0190. The maximum Gasteiger partial charge on any atom is 0.309 e. The molecule has 61 heavy (non-hydrogen) atoms. The SMILES string of the molecule is CCCC(=O)CCC(CP(=O)(CCC(=O)OCOC(=O)CC[C@@H](C)C1CCC2C3CCC4CCCCC4(C)C3CCC21C)OCc1ccccc1)C(=O)OCc1ccccc1. The first-order valence-electron chi connectivity index (χ1n) is 23.6. The predicted molar refractivity (Wildman–Crippen MR) is 237 cm³/mol. The monoisotopic (exact) mass is 860 g/mol. The molecule has 6 rings (SSSR count). The van der Waals surface area contributed by atoms with E-state index in [2.05, 4.69) is 20.8 Å². The van der Waals surface area contributed by atoms with Crippen molar-refractivity contribution in [1.82, 2.24) is 0 Å². The number of hydrogen-bond donors (Lipinski definition) is 0. The van der Waals surface area contributed by atoms with Crippen molar-refractivity contribution < 1.29 is 42.5 Å². The number of fused-ring (bicyclic) bond motifs is 5. The fourth-order valence-electron chi connectivity index (χ4n) is 12.6. The molecular weight excluding hydrogens is 788 g/mol. The van der Waals surface area contributed by atoms with Crippen LogP contribution in [0, 0.1) is 52.3 Å². The summed E-state index contributed by atoms with van der Waals surface area (Å²) in [6.45, 7) is 8.98. The first-order chi connectivity index (χ1) is 29.3. The second kappa shape index (κ2) is 21.9. The highest BCUT2D eigenvalue weighted by Gasteiger charge is 2.60. The number of Topliss-reactive ketones (excluding diaryl/α,β-unsaturated/α-hetero) is 1. The summed E-state index contributed by atoms with van der Waals surface area (Å²) in [5.74, 6) is 1.95. The van der Waals surface area contributed by atoms with E-state index in [1.165, 1.54) is 64.2 Å². The number of rotatable bonds is 22. The summed E-state index contributed by atoms with van der Waals surface area (Å²) in [7, 11) is -3.66. The van der Waals surface area contributed by atoms with Gasteiger partial charge in [0.2, 0.25) is 14.2 Å². The normalized spacial score (nSPS) is 28.8. The number of hydrogen-bond acceptors (Lipinski definition) is 9. The molecule has 0 saturated heterocycles. The van der Waals surface area contributed by atoms with Crippen LogP contribution in [-0.2, 0) is 55.7 Å². The van der Waals surface area contributed by atoms with Crippen LogP contribution < -0.4 is 0 Å². The topological polar surface area (TPSA) is 122 Å². The van der Waals surface area contributed by atoms with Gasteiger partial charge in [0, 0.05) is 31.6 Å². The third kappa shape index (κ3) is 12.3. The summed E-state index contributed by atoms with van der Waals surface area (Å²) in [5, 5.41) is 0. The minimum Gasteiger partial charge on any atom is -0.461 e. The average Bonchev–Trinajstić information content (AvgIpc) is 3.63. The standard InChI is InChI=1S/C51H73O9P/c1-5-14-42(52)23-21-40(49(55)57-33-38-15-8-6-9-16-38)35-61(56,60-34-39-17-10-7-11-18-39)32-29-48(54)59-36-58-47(53)27-20-37(2)44-25-26-45-43-24-22-41-19-12-13-30-50(41,3)46(43)28-31-51(44,45)4/h6-11,15-18,37,40-41,43-46H,5,12-14,19-36H2,1-4H3/t37-,40?,41?,43?,44?,45?,46?,50?,51?,61?/m1/s1. The average molecular weight is 861 g/mol. The maximum absolute atomic E-state index is 14.5. The number of carbonyl (C=O) groups excluding carboxylic acids is 4. The van der Waals surface area contributed by atoms with Gasteiger partial charge in [-0.2, -0.15) is 0 Å². The summed E-state index contributed by atoms with van der Waals surface area (Å²) in [4.78, 5) is 51.9. The van der Waals surface area contributed by atoms with Gasteiger partial charge in [0.05, 0.1) is 18.9 Å². The maximum atomic E-state index is 14.5. The van der Waals surface area contributed by atoms with Crippen LogP contribution in [0.15, 0.2) is 60.7 Å². The summed E-state index contributed by atoms with van der Waals surface area (Å²) in [6, 6.07) is 18.5. The van der Waals surface area contributed by atoms with E-state index in [-0.39, 0.29) is 57.0 Å². The molecule has 9 unspecified atom stereocenters. The quantitative estimate of drug-likeness (QED) is 0.0647. The molecular formula is C51H73O9P. The second-order valence-electron chi connectivity index (χ2n) is 19.6. The molecule has 0 N–H and O–H groups in total. The molecule has 4 fully saturated rings. The van der Waals surface area contributed by atoms with Crippen molar-refractivity contribution in [2.24, 2.45) is 52.3 Å². The van der Waals surface area contributed by atoms with Gasteiger partial charge >= 0.3 is 17.9 Å². The minimum atomic E-state index is -3.66. The van der Waals surface area contributed by atoms with Crippen LogP contribution in [-0.4, -0.2) is 42.8 Å². The van der Waals surface area contributed by atoms with Gasteiger partial charge < -0.3 is 18.7 Å². The summed E-state index contributed by atoms with van der Waals surface area (Å²) >= 11 is 0. The van der Waals surface area contributed by atoms with Gasteiger partial charge in [-0.3, -0.25) is 23.7 Å². The zero-order valence-corrected chi connectivity index (χ0v) is 38.4. The van der Waals surface area contributed by atoms with E-state index in [1.807, 2.05) is 67.6 Å². The van der Waals surface area contributed by atoms with E-state index in [4.69, 9.17) is 18.7 Å². The highest BCUT2D eigenvalue weighted by Crippen LogP contribution is 2.68. The lowest BCUT2D eigenvalue weighted by Gasteiger charge is -2.61. The zero-order valence-electron chi connectivity index (χ0n) is 37.5. The fourth-order valence-corrected chi connectivity index (χ4v) is 14.9. The van der Waals surface area contributed by atoms with Gasteiger partial charge in [0.1, 0.15) is 12.4 Å². The van der Waals surface area contributed by atoms with Crippen LogP contribution in [0.1, 0.15) is 148 Å². The highest BCUT2D eigenvalue weighted by molar-refractivity contribution is 7.59. The van der Waals surface area contributed by atoms with E-state index in [1.54, 1.807) is 0 Å². The van der Waals surface area contributed by atoms with Crippen molar-refractivity contribution in [3.8, 4) is 0 Å². The summed E-state index contributed by atoms with van der Waals surface area (Å²) in [5.41, 5.74) is 2.46. The lowest BCUT2D eigenvalue weighted by molar-refractivity contribution is -0.167. The van der Waals surface area contributed by atoms with Crippen molar-refractivity contribution in [1.29, 1.82) is 0 Å². The van der Waals surface area contributed by atoms with Crippen LogP contribution in [0.3, 0.4) is 0 Å². The Kier molecular flexibility index (Phi) is 16.9. The molecule has 9 nitrogen and oxygen atoms in total. The number of ketones is 1. The van der Waals surface area contributed by atoms with Crippen molar-refractivity contribution in [3.63, 3.8) is 0 Å². The molecule has 0 amide bonds. The van der Waals surface area contributed by atoms with Crippen LogP contribution >= 0.6 is 7.37 Å². The Labute approximate surface area is 365 Å². The van der Waals surface area contributed by atoms with Gasteiger partial charge in [0.15, 0.2) is 0 Å². The van der Waals surface area contributed by atoms with Gasteiger partial charge in [-0.1, -0.05) is 101 Å². The largest absolute Gasteiger partial charge is 0.461 e. The molecule has 0 radical (unpaired) electrons. The van der Waals surface area contributed by atoms with Gasteiger partial charge in [-0.05, 0) is 128 Å². The van der Waals surface area contributed by atoms with E-state index < -0.39 is 38.0 Å². The first-order valence-corrected chi connectivity index (χ1v) is 25.6. The smallest absolute Gasteiger partial charge is 0.309 e. The number of ether oxygens (including phenoxy) is 3. The van der Waals surface area contributed by atoms with Crippen LogP contribution in [0.2, 0.25) is 0 Å². The third-order valence-electron chi connectivity index (χ3n) is 15.9. The molecule has 2 aromatic rings. The van der Waals surface area contributed by atoms with E-state index in [9.17, 15) is 23.7 Å². The Balaban J connectivity index is 0.980. The Bertz CT molecular complexity index is 1800. The number of esters is 3. The van der Waals surface area contributed by atoms with Gasteiger partial charge in [-0.25, -0.2) is 0 Å². The van der Waals surface area contributed by atoms with Crippen molar-refractivity contribution in [2.75, 3.05) is 19.1 Å².